The van der Waals surface area contributed by atoms with Crippen molar-refractivity contribution >= 4 is 17.7 Å². The molecule has 2 rings (SSSR count). The van der Waals surface area contributed by atoms with Crippen LogP contribution in [0.3, 0.4) is 0 Å². The van der Waals surface area contributed by atoms with E-state index >= 15 is 0 Å². The number of nitrogens with two attached hydrogens (primary N) is 1. The summed E-state index contributed by atoms with van der Waals surface area (Å²) >= 11 is 1.25. The smallest absolute Gasteiger partial charge is 0.227 e. The van der Waals surface area contributed by atoms with Crippen molar-refractivity contribution in [3.05, 3.63) is 30.1 Å². The van der Waals surface area contributed by atoms with Gasteiger partial charge >= 0.3 is 0 Å². The van der Waals surface area contributed by atoms with Crippen LogP contribution in [-0.2, 0) is 11.8 Å². The Kier molecular flexibility index (Phi) is 5.26. The maximum atomic E-state index is 10.8. The molecule has 0 spiro atoms. The van der Waals surface area contributed by atoms with Crippen LogP contribution in [0.2, 0.25) is 0 Å². The van der Waals surface area contributed by atoms with Gasteiger partial charge in [0.1, 0.15) is 11.5 Å². The molecule has 1 unspecified atom stereocenters. The summed E-state index contributed by atoms with van der Waals surface area (Å²) in [6.45, 7) is 1.89. The highest BCUT2D eigenvalue weighted by Crippen LogP contribution is 2.24. The number of carbonyl (C=O) groups is 1. The van der Waals surface area contributed by atoms with E-state index in [0.717, 1.165) is 5.75 Å². The fourth-order valence-electron chi connectivity index (χ4n) is 1.85. The maximum Gasteiger partial charge on any atom is 0.227 e. The summed E-state index contributed by atoms with van der Waals surface area (Å²) in [5.41, 5.74) is 5.13. The first-order valence-electron chi connectivity index (χ1n) is 6.62. The normalized spacial score (nSPS) is 12.0. The third-order valence-corrected chi connectivity index (χ3v) is 3.99. The number of primary amides is 1. The Morgan fingerprint density at radius 2 is 1.95 bits per heavy atom. The first-order chi connectivity index (χ1) is 10.5. The second-order valence-electron chi connectivity index (χ2n) is 4.59. The highest BCUT2D eigenvalue weighted by atomic mass is 32.2. The number of methoxy groups -OCH3 is 1. The average molecular weight is 322 g/mol. The van der Waals surface area contributed by atoms with E-state index in [1.54, 1.807) is 11.7 Å². The summed E-state index contributed by atoms with van der Waals surface area (Å²) in [6.07, 6.45) is -0.283. The summed E-state index contributed by atoms with van der Waals surface area (Å²) in [4.78, 5) is 10.8. The molecular formula is C14H18N4O3S. The zero-order chi connectivity index (χ0) is 16.1. The van der Waals surface area contributed by atoms with Crippen LogP contribution >= 0.6 is 11.8 Å². The largest absolute Gasteiger partial charge is 0.497 e. The van der Waals surface area contributed by atoms with Gasteiger partial charge in [-0.25, -0.2) is 0 Å². The molecule has 1 aromatic carbocycles. The van der Waals surface area contributed by atoms with Crippen molar-refractivity contribution in [2.75, 3.05) is 12.9 Å². The zero-order valence-corrected chi connectivity index (χ0v) is 13.5. The Morgan fingerprint density at radius 1 is 1.32 bits per heavy atom. The SMILES string of the molecule is COc1ccc(OC(C)c2nnc(SCC(N)=O)n2C)cc1. The van der Waals surface area contributed by atoms with Crippen LogP contribution < -0.4 is 15.2 Å². The molecular weight excluding hydrogens is 304 g/mol. The Bertz CT molecular complexity index is 642. The van der Waals surface area contributed by atoms with Crippen LogP contribution in [0, 0.1) is 0 Å². The minimum Gasteiger partial charge on any atom is -0.497 e. The van der Waals surface area contributed by atoms with E-state index in [0.29, 0.717) is 16.7 Å². The zero-order valence-electron chi connectivity index (χ0n) is 12.6. The van der Waals surface area contributed by atoms with E-state index in [9.17, 15) is 4.79 Å². The Morgan fingerprint density at radius 3 is 2.55 bits per heavy atom. The van der Waals surface area contributed by atoms with Gasteiger partial charge in [-0.1, -0.05) is 11.8 Å². The average Bonchev–Trinajstić information content (AvgIpc) is 2.87. The van der Waals surface area contributed by atoms with Crippen molar-refractivity contribution in [2.24, 2.45) is 12.8 Å². The summed E-state index contributed by atoms with van der Waals surface area (Å²) in [7, 11) is 3.44. The Labute approximate surface area is 132 Å². The topological polar surface area (TPSA) is 92.3 Å². The molecule has 0 aliphatic heterocycles. The van der Waals surface area contributed by atoms with Gasteiger partial charge < -0.3 is 19.8 Å². The number of rotatable bonds is 7. The van der Waals surface area contributed by atoms with Gasteiger partial charge in [-0.2, -0.15) is 0 Å². The van der Waals surface area contributed by atoms with Gasteiger partial charge in [0.15, 0.2) is 17.1 Å². The first kappa shape index (κ1) is 16.2. The van der Waals surface area contributed by atoms with Crippen LogP contribution in [-0.4, -0.2) is 33.5 Å². The number of hydrogen-bond acceptors (Lipinski definition) is 6. The standard InChI is InChI=1S/C14H18N4O3S/c1-9(21-11-6-4-10(20-3)5-7-11)13-16-17-14(18(13)2)22-8-12(15)19/h4-7,9H,8H2,1-3H3,(H2,15,19). The lowest BCUT2D eigenvalue weighted by molar-refractivity contribution is -0.115. The number of nitrogens with zero attached hydrogens (tertiary/aromatic N) is 3. The van der Waals surface area contributed by atoms with E-state index in [4.69, 9.17) is 15.2 Å². The van der Waals surface area contributed by atoms with Gasteiger partial charge in [0.05, 0.1) is 12.9 Å². The molecule has 0 aliphatic rings. The number of ether oxygens (including phenoxy) is 2. The lowest BCUT2D eigenvalue weighted by Gasteiger charge is -2.14. The lowest BCUT2D eigenvalue weighted by atomic mass is 10.3. The van der Waals surface area contributed by atoms with Crippen LogP contribution in [0.15, 0.2) is 29.4 Å². The number of benzene rings is 1. The van der Waals surface area contributed by atoms with Gasteiger partial charge in [0.2, 0.25) is 5.91 Å². The van der Waals surface area contributed by atoms with Crippen molar-refractivity contribution in [2.45, 2.75) is 18.2 Å². The van der Waals surface area contributed by atoms with E-state index in [1.165, 1.54) is 11.8 Å². The Balaban J connectivity index is 2.05. The lowest BCUT2D eigenvalue weighted by Crippen LogP contribution is -2.14. The number of amides is 1. The third-order valence-electron chi connectivity index (χ3n) is 2.95. The van der Waals surface area contributed by atoms with E-state index < -0.39 is 5.91 Å². The highest BCUT2D eigenvalue weighted by Gasteiger charge is 2.17. The van der Waals surface area contributed by atoms with E-state index in [-0.39, 0.29) is 11.9 Å². The van der Waals surface area contributed by atoms with Crippen LogP contribution in [0.25, 0.3) is 0 Å². The number of hydrogen-bond donors (Lipinski definition) is 1. The quantitative estimate of drug-likeness (QED) is 0.777. The first-order valence-corrected chi connectivity index (χ1v) is 7.61. The molecule has 1 amide bonds. The molecule has 0 fully saturated rings. The van der Waals surface area contributed by atoms with E-state index in [2.05, 4.69) is 10.2 Å². The maximum absolute atomic E-state index is 10.8. The van der Waals surface area contributed by atoms with Gasteiger partial charge in [0.25, 0.3) is 0 Å². The molecule has 0 radical (unpaired) electrons. The summed E-state index contributed by atoms with van der Waals surface area (Å²) in [6, 6.07) is 7.31. The highest BCUT2D eigenvalue weighted by molar-refractivity contribution is 7.99. The second kappa shape index (κ2) is 7.17. The third kappa shape index (κ3) is 3.91. The monoisotopic (exact) mass is 322 g/mol. The molecule has 0 aliphatic carbocycles. The fraction of sp³-hybridized carbons (Fsp3) is 0.357. The molecule has 0 saturated heterocycles. The van der Waals surface area contributed by atoms with Crippen LogP contribution in [0.5, 0.6) is 11.5 Å². The minimum atomic E-state index is -0.392. The van der Waals surface area contributed by atoms with Crippen LogP contribution in [0.4, 0.5) is 0 Å². The minimum absolute atomic E-state index is 0.166. The molecule has 1 heterocycles. The Hall–Kier alpha value is -2.22. The predicted octanol–water partition coefficient (Wildman–Crippen LogP) is 1.54. The summed E-state index contributed by atoms with van der Waals surface area (Å²) < 4.78 is 12.7. The molecule has 22 heavy (non-hydrogen) atoms. The fourth-order valence-corrected chi connectivity index (χ4v) is 2.51. The summed E-state index contributed by atoms with van der Waals surface area (Å²) in [5.74, 6) is 1.92. The van der Waals surface area contributed by atoms with Crippen molar-refractivity contribution < 1.29 is 14.3 Å². The molecule has 0 bridgehead atoms. The molecule has 118 valence electrons. The second-order valence-corrected chi connectivity index (χ2v) is 5.53. The number of aromatic nitrogens is 3. The molecule has 2 aromatic rings. The van der Waals surface area contributed by atoms with Gasteiger partial charge in [-0.05, 0) is 31.2 Å². The van der Waals surface area contributed by atoms with E-state index in [1.807, 2.05) is 38.2 Å². The molecule has 1 aromatic heterocycles. The van der Waals surface area contributed by atoms with Gasteiger partial charge in [0, 0.05) is 7.05 Å². The van der Waals surface area contributed by atoms with Crippen molar-refractivity contribution in [1.82, 2.24) is 14.8 Å². The molecule has 8 heteroatoms. The van der Waals surface area contributed by atoms with Gasteiger partial charge in [-0.15, -0.1) is 10.2 Å². The van der Waals surface area contributed by atoms with Crippen LogP contribution in [0.1, 0.15) is 18.9 Å². The summed E-state index contributed by atoms with van der Waals surface area (Å²) in [5, 5.41) is 8.78. The number of carbonyl (C=O) groups excluding carboxylic acids is 1. The van der Waals surface area contributed by atoms with Crippen molar-refractivity contribution in [3.63, 3.8) is 0 Å². The van der Waals surface area contributed by atoms with Gasteiger partial charge in [-0.3, -0.25) is 4.79 Å². The predicted molar refractivity (Wildman–Crippen MR) is 83.0 cm³/mol. The number of thioether (sulfide) groups is 1. The molecule has 7 nitrogen and oxygen atoms in total. The van der Waals surface area contributed by atoms with Crippen molar-refractivity contribution in [3.8, 4) is 11.5 Å². The molecule has 2 N–H and O–H groups in total. The molecule has 1 atom stereocenters. The van der Waals surface area contributed by atoms with Crippen molar-refractivity contribution in [1.29, 1.82) is 0 Å². The molecule has 0 saturated carbocycles.